The number of hydrogen-bond acceptors (Lipinski definition) is 3. The third kappa shape index (κ3) is 2.63. The monoisotopic (exact) mass is 231 g/mol. The van der Waals surface area contributed by atoms with Crippen LogP contribution >= 0.6 is 0 Å². The van der Waals surface area contributed by atoms with Crippen LogP contribution in [0, 0.1) is 11.3 Å². The van der Waals surface area contributed by atoms with Crippen molar-refractivity contribution in [1.82, 2.24) is 5.32 Å². The first-order valence-corrected chi connectivity index (χ1v) is 5.40. The Hall–Kier alpha value is -1.86. The Morgan fingerprint density at radius 2 is 1.94 bits per heavy atom. The van der Waals surface area contributed by atoms with E-state index in [0.717, 1.165) is 5.56 Å². The van der Waals surface area contributed by atoms with Crippen LogP contribution in [0.5, 0.6) is 0 Å². The number of rotatable bonds is 4. The molecule has 1 rings (SSSR count). The number of likely N-dealkylation sites (N-methyl/N-ethyl adjacent to an activating group) is 1. The van der Waals surface area contributed by atoms with Gasteiger partial charge in [-0.2, -0.15) is 5.26 Å². The number of carbonyl (C=O) groups excluding carboxylic acids is 1. The predicted molar refractivity (Wildman–Crippen MR) is 66.2 cm³/mol. The van der Waals surface area contributed by atoms with Gasteiger partial charge in [-0.25, -0.2) is 0 Å². The largest absolute Gasteiger partial charge is 0.368 e. The molecule has 1 amide bonds. The van der Waals surface area contributed by atoms with Crippen molar-refractivity contribution in [2.45, 2.75) is 25.3 Å². The molecule has 17 heavy (non-hydrogen) atoms. The van der Waals surface area contributed by atoms with Crippen molar-refractivity contribution >= 4 is 5.91 Å². The molecule has 0 heterocycles. The van der Waals surface area contributed by atoms with Gasteiger partial charge < -0.3 is 11.1 Å². The molecule has 1 atom stereocenters. The molecule has 0 fully saturated rings. The molecule has 0 saturated heterocycles. The summed E-state index contributed by atoms with van der Waals surface area (Å²) in [6.07, 6.45) is 0. The van der Waals surface area contributed by atoms with E-state index in [9.17, 15) is 4.79 Å². The molecular formula is C13H17N3O. The fraction of sp³-hybridized carbons (Fsp3) is 0.385. The van der Waals surface area contributed by atoms with E-state index in [4.69, 9.17) is 11.0 Å². The second-order valence-corrected chi connectivity index (χ2v) is 4.53. The minimum Gasteiger partial charge on any atom is -0.368 e. The molecule has 3 N–H and O–H groups in total. The summed E-state index contributed by atoms with van der Waals surface area (Å²) in [6.45, 7) is 3.89. The van der Waals surface area contributed by atoms with Gasteiger partial charge in [0.15, 0.2) is 0 Å². The minimum absolute atomic E-state index is 0.387. The van der Waals surface area contributed by atoms with Crippen LogP contribution in [0.15, 0.2) is 24.3 Å². The van der Waals surface area contributed by atoms with Crippen LogP contribution in [-0.2, 0) is 10.2 Å². The molecule has 0 bridgehead atoms. The van der Waals surface area contributed by atoms with E-state index in [2.05, 4.69) is 11.4 Å². The van der Waals surface area contributed by atoms with Crippen molar-refractivity contribution in [2.75, 3.05) is 7.05 Å². The zero-order valence-electron chi connectivity index (χ0n) is 10.3. The summed E-state index contributed by atoms with van der Waals surface area (Å²) in [7, 11) is 1.71. The molecule has 0 unspecified atom stereocenters. The van der Waals surface area contributed by atoms with Gasteiger partial charge in [0.2, 0.25) is 5.91 Å². The molecule has 0 aliphatic carbocycles. The number of primary amides is 1. The van der Waals surface area contributed by atoms with E-state index in [1.165, 1.54) is 0 Å². The van der Waals surface area contributed by atoms with Crippen LogP contribution in [0.25, 0.3) is 0 Å². The quantitative estimate of drug-likeness (QED) is 0.808. The Morgan fingerprint density at radius 3 is 2.29 bits per heavy atom. The van der Waals surface area contributed by atoms with Crippen LogP contribution in [0.4, 0.5) is 0 Å². The smallest absolute Gasteiger partial charge is 0.235 e. The second kappa shape index (κ2) is 4.98. The molecule has 0 aromatic heterocycles. The first-order chi connectivity index (χ1) is 7.93. The van der Waals surface area contributed by atoms with Crippen molar-refractivity contribution < 1.29 is 4.79 Å². The molecular weight excluding hydrogens is 214 g/mol. The first-order valence-electron chi connectivity index (χ1n) is 5.40. The highest BCUT2D eigenvalue weighted by atomic mass is 16.1. The number of nitrogens with two attached hydrogens (primary N) is 1. The lowest BCUT2D eigenvalue weighted by molar-refractivity contribution is -0.121. The number of carbonyl (C=O) groups is 1. The minimum atomic E-state index is -0.449. The molecule has 1 aromatic rings. The van der Waals surface area contributed by atoms with Gasteiger partial charge in [0.05, 0.1) is 17.7 Å². The Kier molecular flexibility index (Phi) is 3.87. The fourth-order valence-corrected chi connectivity index (χ4v) is 2.00. The normalized spacial score (nSPS) is 12.8. The molecule has 0 spiro atoms. The van der Waals surface area contributed by atoms with E-state index < -0.39 is 11.5 Å². The molecule has 4 heteroatoms. The summed E-state index contributed by atoms with van der Waals surface area (Å²) < 4.78 is 0. The van der Waals surface area contributed by atoms with E-state index in [0.29, 0.717) is 5.56 Å². The molecule has 0 radical (unpaired) electrons. The number of nitrogens with zero attached hydrogens (tertiary/aromatic N) is 1. The average molecular weight is 231 g/mol. The zero-order valence-corrected chi connectivity index (χ0v) is 10.3. The Bertz CT molecular complexity index is 443. The predicted octanol–water partition coefficient (Wildman–Crippen LogP) is 0.909. The fourth-order valence-electron chi connectivity index (χ4n) is 2.00. The maximum atomic E-state index is 11.4. The molecule has 90 valence electrons. The standard InChI is InChI=1S/C13H17N3O/c1-13(2,11(16-3)12(15)17)10-6-4-9(8-14)5-7-10/h4-7,11,16H,1-3H3,(H2,15,17)/t11-/m1/s1. The van der Waals surface area contributed by atoms with Gasteiger partial charge in [-0.05, 0) is 24.7 Å². The zero-order chi connectivity index (χ0) is 13.1. The van der Waals surface area contributed by atoms with E-state index in [1.807, 2.05) is 26.0 Å². The molecule has 1 aromatic carbocycles. The lowest BCUT2D eigenvalue weighted by Crippen LogP contribution is -2.51. The lowest BCUT2D eigenvalue weighted by Gasteiger charge is -2.32. The summed E-state index contributed by atoms with van der Waals surface area (Å²) in [6, 6.07) is 8.80. The van der Waals surface area contributed by atoms with Crippen LogP contribution in [-0.4, -0.2) is 19.0 Å². The average Bonchev–Trinajstić information content (AvgIpc) is 2.29. The third-order valence-electron chi connectivity index (χ3n) is 3.05. The molecule has 0 aliphatic heterocycles. The second-order valence-electron chi connectivity index (χ2n) is 4.53. The molecule has 4 nitrogen and oxygen atoms in total. The third-order valence-corrected chi connectivity index (χ3v) is 3.05. The van der Waals surface area contributed by atoms with Crippen molar-refractivity contribution in [3.05, 3.63) is 35.4 Å². The van der Waals surface area contributed by atoms with Gasteiger partial charge in [-0.1, -0.05) is 26.0 Å². The molecule has 0 aliphatic rings. The SMILES string of the molecule is CN[C@H](C(N)=O)C(C)(C)c1ccc(C#N)cc1. The number of benzene rings is 1. The van der Waals surface area contributed by atoms with Crippen molar-refractivity contribution in [2.24, 2.45) is 5.73 Å². The highest BCUT2D eigenvalue weighted by Gasteiger charge is 2.34. The topological polar surface area (TPSA) is 78.9 Å². The Balaban J connectivity index is 3.11. The van der Waals surface area contributed by atoms with Crippen LogP contribution in [0.3, 0.4) is 0 Å². The number of nitrogens with one attached hydrogen (secondary N) is 1. The van der Waals surface area contributed by atoms with Crippen LogP contribution < -0.4 is 11.1 Å². The van der Waals surface area contributed by atoms with Crippen LogP contribution in [0.1, 0.15) is 25.0 Å². The number of amides is 1. The van der Waals surface area contributed by atoms with Gasteiger partial charge in [0.1, 0.15) is 0 Å². The number of nitriles is 1. The Morgan fingerprint density at radius 1 is 1.41 bits per heavy atom. The van der Waals surface area contributed by atoms with E-state index in [-0.39, 0.29) is 5.91 Å². The van der Waals surface area contributed by atoms with Gasteiger partial charge in [-0.15, -0.1) is 0 Å². The summed E-state index contributed by atoms with van der Waals surface area (Å²) >= 11 is 0. The number of hydrogen-bond donors (Lipinski definition) is 2. The van der Waals surface area contributed by atoms with Gasteiger partial charge in [0, 0.05) is 5.41 Å². The highest BCUT2D eigenvalue weighted by molar-refractivity contribution is 5.81. The Labute approximate surface area is 101 Å². The lowest BCUT2D eigenvalue weighted by atomic mass is 9.77. The summed E-state index contributed by atoms with van der Waals surface area (Å²) in [5.41, 5.74) is 6.52. The van der Waals surface area contributed by atoms with Gasteiger partial charge >= 0.3 is 0 Å². The van der Waals surface area contributed by atoms with Crippen molar-refractivity contribution in [3.63, 3.8) is 0 Å². The van der Waals surface area contributed by atoms with Gasteiger partial charge in [0.25, 0.3) is 0 Å². The van der Waals surface area contributed by atoms with Gasteiger partial charge in [-0.3, -0.25) is 4.79 Å². The first kappa shape index (κ1) is 13.2. The van der Waals surface area contributed by atoms with E-state index >= 15 is 0 Å². The van der Waals surface area contributed by atoms with Crippen LogP contribution in [0.2, 0.25) is 0 Å². The van der Waals surface area contributed by atoms with Crippen molar-refractivity contribution in [3.8, 4) is 6.07 Å². The van der Waals surface area contributed by atoms with E-state index in [1.54, 1.807) is 19.2 Å². The maximum Gasteiger partial charge on any atom is 0.235 e. The maximum absolute atomic E-state index is 11.4. The summed E-state index contributed by atoms with van der Waals surface area (Å²) in [4.78, 5) is 11.4. The van der Waals surface area contributed by atoms with Crippen molar-refractivity contribution in [1.29, 1.82) is 5.26 Å². The summed E-state index contributed by atoms with van der Waals surface area (Å²) in [5.74, 6) is -0.387. The summed E-state index contributed by atoms with van der Waals surface area (Å²) in [5, 5.41) is 11.7. The highest BCUT2D eigenvalue weighted by Crippen LogP contribution is 2.27. The molecule has 0 saturated carbocycles.